The lowest BCUT2D eigenvalue weighted by molar-refractivity contribution is 0.0993. The molecule has 0 aromatic heterocycles. The molecule has 0 atom stereocenters. The number of amides is 2. The van der Waals surface area contributed by atoms with Gasteiger partial charge in [0, 0.05) is 0 Å². The molecule has 0 unspecified atom stereocenters. The van der Waals surface area contributed by atoms with E-state index in [1.54, 1.807) is 0 Å². The fourth-order valence-corrected chi connectivity index (χ4v) is 0.925. The first-order valence-corrected chi connectivity index (χ1v) is 3.43. The van der Waals surface area contributed by atoms with Crippen LogP contribution in [-0.4, -0.2) is 11.8 Å². The van der Waals surface area contributed by atoms with E-state index in [1.807, 2.05) is 0 Å². The summed E-state index contributed by atoms with van der Waals surface area (Å²) in [7, 11) is 0. The summed E-state index contributed by atoms with van der Waals surface area (Å²) < 4.78 is 0. The van der Waals surface area contributed by atoms with Crippen molar-refractivity contribution in [2.24, 2.45) is 11.5 Å². The highest BCUT2D eigenvalue weighted by molar-refractivity contribution is 6.02. The second-order valence-corrected chi connectivity index (χ2v) is 2.41. The van der Waals surface area contributed by atoms with Crippen LogP contribution in [0.1, 0.15) is 20.7 Å². The number of carbonyl (C=O) groups excluding carboxylic acids is 2. The Bertz CT molecular complexity index is 341. The molecule has 1 aromatic carbocycles. The minimum Gasteiger partial charge on any atom is -0.365 e. The first-order chi connectivity index (χ1) is 6.04. The van der Waals surface area contributed by atoms with Crippen molar-refractivity contribution in [3.05, 3.63) is 29.3 Å². The molecule has 1 radical (unpaired) electrons. The van der Waals surface area contributed by atoms with Crippen LogP contribution in [0.4, 0.5) is 0 Å². The summed E-state index contributed by atoms with van der Waals surface area (Å²) in [5.74, 6) is -2.45. The minimum absolute atomic E-state index is 0.226. The monoisotopic (exact) mass is 179 g/mol. The molecule has 5 heteroatoms. The Kier molecular flexibility index (Phi) is 2.19. The highest BCUT2D eigenvalue weighted by atomic mass is 16.3. The molecule has 1 rings (SSSR count). The van der Waals surface area contributed by atoms with Gasteiger partial charge in [0.2, 0.25) is 5.75 Å². The predicted molar refractivity (Wildman–Crippen MR) is 43.6 cm³/mol. The molecule has 67 valence electrons. The van der Waals surface area contributed by atoms with E-state index in [2.05, 4.69) is 0 Å². The Morgan fingerprint density at radius 2 is 1.38 bits per heavy atom. The van der Waals surface area contributed by atoms with E-state index in [0.29, 0.717) is 0 Å². The molecule has 1 aromatic rings. The molecule has 0 aliphatic heterocycles. The summed E-state index contributed by atoms with van der Waals surface area (Å²) in [4.78, 5) is 21.3. The van der Waals surface area contributed by atoms with Crippen molar-refractivity contribution in [3.63, 3.8) is 0 Å². The van der Waals surface area contributed by atoms with Crippen molar-refractivity contribution in [2.75, 3.05) is 0 Å². The lowest BCUT2D eigenvalue weighted by Crippen LogP contribution is -2.15. The second kappa shape index (κ2) is 3.14. The van der Waals surface area contributed by atoms with E-state index in [1.165, 1.54) is 18.2 Å². The Morgan fingerprint density at radius 3 is 1.69 bits per heavy atom. The van der Waals surface area contributed by atoms with Crippen molar-refractivity contribution >= 4 is 11.8 Å². The maximum atomic E-state index is 11.3. The number of carbonyl (C=O) groups is 2. The molecule has 0 aliphatic carbocycles. The van der Waals surface area contributed by atoms with Gasteiger partial charge >= 0.3 is 0 Å². The summed E-state index contributed by atoms with van der Waals surface area (Å²) in [5.41, 5.74) is 9.33. The van der Waals surface area contributed by atoms with Gasteiger partial charge < -0.3 is 11.5 Å². The second-order valence-electron chi connectivity index (χ2n) is 2.41. The molecule has 4 N–H and O–H groups in total. The average molecular weight is 179 g/mol. The Morgan fingerprint density at radius 1 is 1.00 bits per heavy atom. The molecular weight excluding hydrogens is 172 g/mol. The molecule has 0 spiro atoms. The lowest BCUT2D eigenvalue weighted by atomic mass is 10.1. The van der Waals surface area contributed by atoms with Crippen LogP contribution in [-0.2, 0) is 5.11 Å². The number of hydrogen-bond donors (Lipinski definition) is 2. The minimum atomic E-state index is -0.867. The smallest absolute Gasteiger partial charge is 0.252 e. The number of para-hydroxylation sites is 1. The van der Waals surface area contributed by atoms with Crippen LogP contribution in [0, 0.1) is 0 Å². The van der Waals surface area contributed by atoms with Gasteiger partial charge in [-0.25, -0.2) is 0 Å². The Balaban J connectivity index is 3.35. The summed E-state index contributed by atoms with van der Waals surface area (Å²) in [5, 5.41) is 11.3. The molecule has 0 saturated heterocycles. The zero-order chi connectivity index (χ0) is 10.0. The molecule has 13 heavy (non-hydrogen) atoms. The number of nitrogens with two attached hydrogens (primary N) is 2. The third kappa shape index (κ3) is 1.58. The van der Waals surface area contributed by atoms with Gasteiger partial charge in [0.05, 0.1) is 11.1 Å². The third-order valence-electron chi connectivity index (χ3n) is 1.55. The molecule has 2 amide bonds. The zero-order valence-electron chi connectivity index (χ0n) is 6.61. The SMILES string of the molecule is NC(=O)c1cccc(C(N)=O)c1[O]. The van der Waals surface area contributed by atoms with Gasteiger partial charge in [-0.3, -0.25) is 14.7 Å². The van der Waals surface area contributed by atoms with E-state index < -0.39 is 17.6 Å². The molecule has 0 fully saturated rings. The standard InChI is InChI=1S/C8H7N2O3/c9-7(12)4-2-1-3-5(6(4)11)8(10)13/h1-3H,(H2,9,12)(H2,10,13). The largest absolute Gasteiger partial charge is 0.365 e. The summed E-state index contributed by atoms with van der Waals surface area (Å²) in [6.45, 7) is 0. The Labute approximate surface area is 74.0 Å². The number of benzene rings is 1. The molecular formula is C8H7N2O3. The first-order valence-electron chi connectivity index (χ1n) is 3.43. The van der Waals surface area contributed by atoms with Crippen molar-refractivity contribution in [2.45, 2.75) is 0 Å². The fraction of sp³-hybridized carbons (Fsp3) is 0. The van der Waals surface area contributed by atoms with Crippen LogP contribution in [0.25, 0.3) is 0 Å². The van der Waals surface area contributed by atoms with Gasteiger partial charge in [-0.2, -0.15) is 0 Å². The molecule has 0 bridgehead atoms. The summed E-state index contributed by atoms with van der Waals surface area (Å²) in [6.07, 6.45) is 0. The average Bonchev–Trinajstić information content (AvgIpc) is 2.03. The lowest BCUT2D eigenvalue weighted by Gasteiger charge is -2.00. The van der Waals surface area contributed by atoms with Crippen LogP contribution >= 0.6 is 0 Å². The topological polar surface area (TPSA) is 106 Å². The molecule has 5 nitrogen and oxygen atoms in total. The summed E-state index contributed by atoms with van der Waals surface area (Å²) >= 11 is 0. The van der Waals surface area contributed by atoms with Gasteiger partial charge in [0.1, 0.15) is 0 Å². The van der Waals surface area contributed by atoms with Gasteiger partial charge in [-0.15, -0.1) is 0 Å². The van der Waals surface area contributed by atoms with E-state index in [4.69, 9.17) is 11.5 Å². The maximum absolute atomic E-state index is 11.3. The van der Waals surface area contributed by atoms with Crippen molar-refractivity contribution in [3.8, 4) is 5.75 Å². The van der Waals surface area contributed by atoms with Crippen molar-refractivity contribution in [1.29, 1.82) is 0 Å². The normalized spacial score (nSPS) is 9.54. The Hall–Kier alpha value is -2.04. The van der Waals surface area contributed by atoms with Gasteiger partial charge in [-0.1, -0.05) is 6.07 Å². The zero-order valence-corrected chi connectivity index (χ0v) is 6.61. The van der Waals surface area contributed by atoms with Crippen molar-refractivity contribution in [1.82, 2.24) is 0 Å². The van der Waals surface area contributed by atoms with Crippen molar-refractivity contribution < 1.29 is 14.7 Å². The first kappa shape index (κ1) is 9.05. The van der Waals surface area contributed by atoms with Crippen LogP contribution < -0.4 is 11.5 Å². The quantitative estimate of drug-likeness (QED) is 0.668. The van der Waals surface area contributed by atoms with Crippen LogP contribution in [0.15, 0.2) is 18.2 Å². The van der Waals surface area contributed by atoms with Crippen LogP contribution in [0.5, 0.6) is 5.75 Å². The van der Waals surface area contributed by atoms with E-state index >= 15 is 0 Å². The highest BCUT2D eigenvalue weighted by Crippen LogP contribution is 2.21. The third-order valence-corrected chi connectivity index (χ3v) is 1.55. The highest BCUT2D eigenvalue weighted by Gasteiger charge is 2.16. The van der Waals surface area contributed by atoms with E-state index in [9.17, 15) is 14.7 Å². The van der Waals surface area contributed by atoms with Gasteiger partial charge in [-0.05, 0) is 12.1 Å². The predicted octanol–water partition coefficient (Wildman–Crippen LogP) is 0.0282. The molecule has 0 saturated carbocycles. The summed E-state index contributed by atoms with van der Waals surface area (Å²) in [6, 6.07) is 3.87. The fourth-order valence-electron chi connectivity index (χ4n) is 0.925. The van der Waals surface area contributed by atoms with Gasteiger partial charge in [0.25, 0.3) is 11.8 Å². The maximum Gasteiger partial charge on any atom is 0.252 e. The van der Waals surface area contributed by atoms with Crippen LogP contribution in [0.2, 0.25) is 0 Å². The number of rotatable bonds is 2. The number of hydrogen-bond acceptors (Lipinski definition) is 2. The van der Waals surface area contributed by atoms with Gasteiger partial charge in [0.15, 0.2) is 0 Å². The van der Waals surface area contributed by atoms with E-state index in [0.717, 1.165) is 0 Å². The van der Waals surface area contributed by atoms with E-state index in [-0.39, 0.29) is 11.1 Å². The number of primary amides is 2. The molecule has 0 heterocycles. The molecule has 0 aliphatic rings. The van der Waals surface area contributed by atoms with Crippen LogP contribution in [0.3, 0.4) is 0 Å².